The van der Waals surface area contributed by atoms with E-state index in [0.717, 1.165) is 15.6 Å². The first-order chi connectivity index (χ1) is 23.8. The van der Waals surface area contributed by atoms with Gasteiger partial charge in [0.2, 0.25) is 0 Å². The van der Waals surface area contributed by atoms with E-state index in [2.05, 4.69) is 21.2 Å². The number of nitrogens with zero attached hydrogens (tertiary/aromatic N) is 2. The van der Waals surface area contributed by atoms with Crippen LogP contribution in [-0.2, 0) is 11.4 Å². The number of benzene rings is 4. The molecule has 0 bridgehead atoms. The zero-order valence-electron chi connectivity index (χ0n) is 27.4. The van der Waals surface area contributed by atoms with Crippen molar-refractivity contribution in [3.05, 3.63) is 143 Å². The molecule has 0 radical (unpaired) electrons. The van der Waals surface area contributed by atoms with Crippen LogP contribution in [0.1, 0.15) is 36.6 Å². The maximum absolute atomic E-state index is 14.3. The van der Waals surface area contributed by atoms with Crippen LogP contribution in [0.2, 0.25) is 0 Å². The van der Waals surface area contributed by atoms with E-state index in [4.69, 9.17) is 23.9 Å². The summed E-state index contributed by atoms with van der Waals surface area (Å²) in [7, 11) is 3.11. The predicted octanol–water partition coefficient (Wildman–Crippen LogP) is 6.63. The lowest BCUT2D eigenvalue weighted by Crippen LogP contribution is -2.40. The van der Waals surface area contributed by atoms with Gasteiger partial charge in [-0.15, -0.1) is 0 Å². The van der Waals surface area contributed by atoms with Crippen LogP contribution >= 0.6 is 27.3 Å². The SMILES string of the molecule is CCOc1cc(/C=c2\sc3n(c2=O)[C@H](c2ccc(OC)cc2OC)C(C(=O)Nc2ccccc2)=C(C)N=3)ccc1OCc1ccc(Br)cc1. The molecule has 11 heteroatoms. The Labute approximate surface area is 295 Å². The van der Waals surface area contributed by atoms with Crippen molar-refractivity contribution in [2.24, 2.45) is 4.99 Å². The Hall–Kier alpha value is -5.13. The number of nitrogens with one attached hydrogen (secondary N) is 1. The quantitative estimate of drug-likeness (QED) is 0.163. The molecule has 1 N–H and O–H groups in total. The zero-order valence-corrected chi connectivity index (χ0v) is 29.8. The van der Waals surface area contributed by atoms with Gasteiger partial charge < -0.3 is 24.3 Å². The van der Waals surface area contributed by atoms with E-state index >= 15 is 0 Å². The van der Waals surface area contributed by atoms with E-state index in [9.17, 15) is 9.59 Å². The van der Waals surface area contributed by atoms with E-state index in [1.54, 1.807) is 56.1 Å². The van der Waals surface area contributed by atoms with Gasteiger partial charge >= 0.3 is 0 Å². The number of fused-ring (bicyclic) bond motifs is 1. The van der Waals surface area contributed by atoms with Crippen LogP contribution in [0, 0.1) is 0 Å². The van der Waals surface area contributed by atoms with Crippen molar-refractivity contribution in [1.29, 1.82) is 0 Å². The molecular formula is C38H34BrN3O6S. The molecule has 4 aromatic carbocycles. The topological polar surface area (TPSA) is 100 Å². The van der Waals surface area contributed by atoms with Gasteiger partial charge in [0.15, 0.2) is 16.3 Å². The number of rotatable bonds is 11. The number of hydrogen-bond acceptors (Lipinski definition) is 8. The van der Waals surface area contributed by atoms with Gasteiger partial charge in [0.1, 0.15) is 24.1 Å². The Kier molecular flexibility index (Phi) is 10.3. The summed E-state index contributed by atoms with van der Waals surface area (Å²) < 4.78 is 26.2. The minimum absolute atomic E-state index is 0.294. The number of anilines is 1. The van der Waals surface area contributed by atoms with Gasteiger partial charge in [0.25, 0.3) is 11.5 Å². The third-order valence-corrected chi connectivity index (χ3v) is 9.42. The Morgan fingerprint density at radius 2 is 1.71 bits per heavy atom. The van der Waals surface area contributed by atoms with Crippen molar-refractivity contribution in [2.75, 3.05) is 26.1 Å². The molecule has 1 atom stereocenters. The molecule has 5 aromatic rings. The molecule has 0 saturated carbocycles. The number of hydrogen-bond donors (Lipinski definition) is 1. The van der Waals surface area contributed by atoms with Crippen molar-refractivity contribution in [3.8, 4) is 23.0 Å². The van der Waals surface area contributed by atoms with E-state index < -0.39 is 6.04 Å². The van der Waals surface area contributed by atoms with Crippen LogP contribution in [0.25, 0.3) is 6.08 Å². The van der Waals surface area contributed by atoms with Crippen molar-refractivity contribution >= 4 is 44.9 Å². The average Bonchev–Trinajstić information content (AvgIpc) is 3.41. The van der Waals surface area contributed by atoms with Gasteiger partial charge in [-0.1, -0.05) is 63.7 Å². The zero-order chi connectivity index (χ0) is 34.5. The largest absolute Gasteiger partial charge is 0.497 e. The normalized spacial score (nSPS) is 14.1. The fourth-order valence-electron chi connectivity index (χ4n) is 5.57. The van der Waals surface area contributed by atoms with Crippen LogP contribution in [0.15, 0.2) is 117 Å². The monoisotopic (exact) mass is 739 g/mol. The van der Waals surface area contributed by atoms with Crippen LogP contribution in [0.5, 0.6) is 23.0 Å². The first-order valence-corrected chi connectivity index (χ1v) is 17.2. The lowest BCUT2D eigenvalue weighted by Gasteiger charge is -2.26. The number of carbonyl (C=O) groups is 1. The summed E-state index contributed by atoms with van der Waals surface area (Å²) in [6.45, 7) is 4.50. The molecule has 1 aliphatic rings. The highest BCUT2D eigenvalue weighted by atomic mass is 79.9. The van der Waals surface area contributed by atoms with Gasteiger partial charge in [-0.05, 0) is 79.6 Å². The first-order valence-electron chi connectivity index (χ1n) is 15.5. The smallest absolute Gasteiger partial charge is 0.271 e. The Balaban J connectivity index is 1.42. The predicted molar refractivity (Wildman–Crippen MR) is 194 cm³/mol. The molecule has 0 aliphatic carbocycles. The number of para-hydroxylation sites is 1. The average molecular weight is 741 g/mol. The minimum atomic E-state index is -0.823. The molecule has 1 aromatic heterocycles. The first kappa shape index (κ1) is 33.8. The summed E-state index contributed by atoms with van der Waals surface area (Å²) in [4.78, 5) is 33.5. The maximum Gasteiger partial charge on any atom is 0.271 e. The summed E-state index contributed by atoms with van der Waals surface area (Å²) in [5.74, 6) is 1.85. The number of methoxy groups -OCH3 is 2. The van der Waals surface area contributed by atoms with Crippen molar-refractivity contribution in [3.63, 3.8) is 0 Å². The number of thiazole rings is 1. The second kappa shape index (κ2) is 15.0. The molecule has 0 saturated heterocycles. The summed E-state index contributed by atoms with van der Waals surface area (Å²) in [5.41, 5.74) is 3.55. The van der Waals surface area contributed by atoms with Crippen molar-refractivity contribution in [1.82, 2.24) is 4.57 Å². The van der Waals surface area contributed by atoms with Crippen LogP contribution in [0.3, 0.4) is 0 Å². The summed E-state index contributed by atoms with van der Waals surface area (Å²) in [6, 6.07) is 27.2. The second-order valence-corrected chi connectivity index (χ2v) is 13.0. The molecule has 0 unspecified atom stereocenters. The number of ether oxygens (including phenoxy) is 4. The van der Waals surface area contributed by atoms with Crippen molar-refractivity contribution < 1.29 is 23.7 Å². The highest BCUT2D eigenvalue weighted by molar-refractivity contribution is 9.10. The Bertz CT molecular complexity index is 2210. The summed E-state index contributed by atoms with van der Waals surface area (Å²) >= 11 is 4.71. The van der Waals surface area contributed by atoms with Gasteiger partial charge in [-0.25, -0.2) is 4.99 Å². The maximum atomic E-state index is 14.3. The van der Waals surface area contributed by atoms with Gasteiger partial charge in [-0.3, -0.25) is 14.2 Å². The Morgan fingerprint density at radius 3 is 2.43 bits per heavy atom. The van der Waals surface area contributed by atoms with E-state index in [1.165, 1.54) is 11.3 Å². The molecular weight excluding hydrogens is 706 g/mol. The second-order valence-electron chi connectivity index (χ2n) is 11.1. The number of carbonyl (C=O) groups excluding carboxylic acids is 1. The van der Waals surface area contributed by atoms with Crippen LogP contribution < -0.4 is 39.2 Å². The number of allylic oxidation sites excluding steroid dienone is 1. The molecule has 2 heterocycles. The highest BCUT2D eigenvalue weighted by Gasteiger charge is 2.34. The van der Waals surface area contributed by atoms with Crippen LogP contribution in [-0.4, -0.2) is 31.3 Å². The van der Waals surface area contributed by atoms with Crippen molar-refractivity contribution in [2.45, 2.75) is 26.5 Å². The third-order valence-electron chi connectivity index (χ3n) is 7.91. The fourth-order valence-corrected chi connectivity index (χ4v) is 6.88. The summed E-state index contributed by atoms with van der Waals surface area (Å²) in [5, 5.41) is 2.98. The van der Waals surface area contributed by atoms with Crippen LogP contribution in [0.4, 0.5) is 5.69 Å². The van der Waals surface area contributed by atoms with Gasteiger partial charge in [-0.2, -0.15) is 0 Å². The molecule has 6 rings (SSSR count). The number of aromatic nitrogens is 1. The lowest BCUT2D eigenvalue weighted by molar-refractivity contribution is -0.113. The summed E-state index contributed by atoms with van der Waals surface area (Å²) in [6.07, 6.45) is 1.80. The van der Waals surface area contributed by atoms with Gasteiger partial charge in [0, 0.05) is 21.8 Å². The third kappa shape index (κ3) is 7.33. The highest BCUT2D eigenvalue weighted by Crippen LogP contribution is 2.38. The molecule has 49 heavy (non-hydrogen) atoms. The number of halogens is 1. The van der Waals surface area contributed by atoms with E-state index in [-0.39, 0.29) is 11.5 Å². The standard InChI is InChI=1S/C38H34BrN3O6S/c1-5-47-32-19-25(13-18-30(32)48-22-24-11-14-26(39)15-12-24)20-33-37(44)42-35(29-17-16-28(45-3)21-31(29)46-4)34(23(2)40-38(42)49-33)36(43)41-27-9-7-6-8-10-27/h6-21,35H,5,22H2,1-4H3,(H,41,43)/b33-20-/t35-/m1/s1. The van der Waals surface area contributed by atoms with E-state index in [0.29, 0.717) is 68.1 Å². The lowest BCUT2D eigenvalue weighted by atomic mass is 9.94. The Morgan fingerprint density at radius 1 is 0.939 bits per heavy atom. The molecule has 0 spiro atoms. The molecule has 1 amide bonds. The molecule has 9 nitrogen and oxygen atoms in total. The molecule has 0 fully saturated rings. The van der Waals surface area contributed by atoms with E-state index in [1.807, 2.05) is 73.7 Å². The minimum Gasteiger partial charge on any atom is -0.497 e. The molecule has 1 aliphatic heterocycles. The fraction of sp³-hybridized carbons (Fsp3) is 0.184. The number of amides is 1. The van der Waals surface area contributed by atoms with Gasteiger partial charge in [0.05, 0.1) is 36.6 Å². The molecule has 250 valence electrons.